The third-order valence-electron chi connectivity index (χ3n) is 8.77. The van der Waals surface area contributed by atoms with Gasteiger partial charge < -0.3 is 5.11 Å². The molecule has 0 aliphatic carbocycles. The number of aliphatic hydroxyl groups is 1. The second-order valence-electron chi connectivity index (χ2n) is 12.5. The fraction of sp³-hybridized carbons (Fsp3) is 0.189. The topological polar surface area (TPSA) is 114 Å². The van der Waals surface area contributed by atoms with E-state index in [2.05, 4.69) is 4.98 Å². The predicted octanol–water partition coefficient (Wildman–Crippen LogP) is 8.28. The maximum Gasteiger partial charge on any atom is 0.175 e. The van der Waals surface area contributed by atoms with E-state index >= 15 is 0 Å². The third-order valence-corrected chi connectivity index (χ3v) is 13.6. The second-order valence-corrected chi connectivity index (χ2v) is 18.6. The molecule has 6 rings (SSSR count). The monoisotopic (exact) mass is 716 g/mol. The Kier molecular flexibility index (Phi) is 8.62. The number of rotatable bonds is 8. The summed E-state index contributed by atoms with van der Waals surface area (Å²) in [7, 11) is -6.86. The molecule has 246 valence electrons. The highest BCUT2D eigenvalue weighted by atomic mass is 35.5. The van der Waals surface area contributed by atoms with E-state index < -0.39 is 30.0 Å². The van der Waals surface area contributed by atoms with Crippen LogP contribution in [0.25, 0.3) is 43.7 Å². The minimum atomic E-state index is -3.46. The van der Waals surface area contributed by atoms with Gasteiger partial charge in [0.2, 0.25) is 0 Å². The lowest BCUT2D eigenvalue weighted by molar-refractivity contribution is 0.102. The molecular formula is C37H33ClN2O5S3. The lowest BCUT2D eigenvalue weighted by Crippen LogP contribution is -2.28. The Morgan fingerprint density at radius 2 is 1.42 bits per heavy atom. The van der Waals surface area contributed by atoms with Crippen molar-refractivity contribution in [3.8, 4) is 32.8 Å². The number of aromatic nitrogens is 2. The summed E-state index contributed by atoms with van der Waals surface area (Å²) in [5.41, 5.74) is 4.19. The lowest BCUT2D eigenvalue weighted by Gasteiger charge is -2.24. The van der Waals surface area contributed by atoms with E-state index in [4.69, 9.17) is 16.6 Å². The van der Waals surface area contributed by atoms with E-state index in [1.165, 1.54) is 17.6 Å². The first-order chi connectivity index (χ1) is 22.5. The average molecular weight is 717 g/mol. The minimum Gasteiger partial charge on any atom is -0.378 e. The van der Waals surface area contributed by atoms with E-state index in [0.717, 1.165) is 44.3 Å². The van der Waals surface area contributed by atoms with Gasteiger partial charge in [-0.2, -0.15) is 0 Å². The molecule has 2 heterocycles. The highest BCUT2D eigenvalue weighted by Crippen LogP contribution is 2.44. The molecule has 0 saturated heterocycles. The SMILES string of the molecule is CC(O)(c1ccc(Cl)cc1)c1nc(-c2cccc(-c3cc(C(C)(C)S(C)(=O)=O)cc4cccnc34)c2)c(-c2ccc(S(C)(=O)=O)cc2)s1. The van der Waals surface area contributed by atoms with Crippen molar-refractivity contribution in [2.45, 2.75) is 36.0 Å². The molecule has 1 atom stereocenters. The zero-order valence-electron chi connectivity index (χ0n) is 26.9. The molecule has 2 aromatic heterocycles. The summed E-state index contributed by atoms with van der Waals surface area (Å²) in [5.74, 6) is 0. The van der Waals surface area contributed by atoms with Gasteiger partial charge in [-0.3, -0.25) is 4.98 Å². The van der Waals surface area contributed by atoms with Crippen molar-refractivity contribution in [1.82, 2.24) is 9.97 Å². The minimum absolute atomic E-state index is 0.198. The molecule has 0 fully saturated rings. The second kappa shape index (κ2) is 12.2. The Morgan fingerprint density at radius 1 is 0.750 bits per heavy atom. The van der Waals surface area contributed by atoms with Crippen molar-refractivity contribution in [3.63, 3.8) is 0 Å². The first-order valence-electron chi connectivity index (χ1n) is 15.0. The van der Waals surface area contributed by atoms with E-state index in [0.29, 0.717) is 26.9 Å². The smallest absolute Gasteiger partial charge is 0.175 e. The molecule has 6 aromatic rings. The Morgan fingerprint density at radius 3 is 2.06 bits per heavy atom. The van der Waals surface area contributed by atoms with Gasteiger partial charge in [0.15, 0.2) is 19.7 Å². The van der Waals surface area contributed by atoms with Crippen LogP contribution in [0.4, 0.5) is 0 Å². The van der Waals surface area contributed by atoms with Gasteiger partial charge in [-0.15, -0.1) is 11.3 Å². The zero-order chi connectivity index (χ0) is 34.6. The maximum absolute atomic E-state index is 12.8. The summed E-state index contributed by atoms with van der Waals surface area (Å²) in [6.45, 7) is 5.08. The van der Waals surface area contributed by atoms with Crippen LogP contribution >= 0.6 is 22.9 Å². The van der Waals surface area contributed by atoms with Crippen LogP contribution in [0.2, 0.25) is 5.02 Å². The highest BCUT2D eigenvalue weighted by Gasteiger charge is 2.34. The summed E-state index contributed by atoms with van der Waals surface area (Å²) in [5, 5.41) is 13.6. The molecule has 11 heteroatoms. The molecule has 0 radical (unpaired) electrons. The van der Waals surface area contributed by atoms with Gasteiger partial charge in [-0.05, 0) is 91.6 Å². The van der Waals surface area contributed by atoms with E-state index in [-0.39, 0.29) is 4.90 Å². The molecule has 1 unspecified atom stereocenters. The fourth-order valence-corrected chi connectivity index (χ4v) is 7.94. The summed E-state index contributed by atoms with van der Waals surface area (Å²) >= 11 is 7.45. The van der Waals surface area contributed by atoms with E-state index in [9.17, 15) is 21.9 Å². The van der Waals surface area contributed by atoms with Crippen molar-refractivity contribution in [2.24, 2.45) is 0 Å². The summed E-state index contributed by atoms with van der Waals surface area (Å²) in [6.07, 6.45) is 4.11. The van der Waals surface area contributed by atoms with E-state index in [1.807, 2.05) is 48.5 Å². The number of nitrogens with zero attached hydrogens (tertiary/aromatic N) is 2. The van der Waals surface area contributed by atoms with Gasteiger partial charge in [0, 0.05) is 40.2 Å². The molecule has 7 nitrogen and oxygen atoms in total. The van der Waals surface area contributed by atoms with Crippen LogP contribution in [0.15, 0.2) is 108 Å². The molecular weight excluding hydrogens is 684 g/mol. The molecule has 0 bridgehead atoms. The predicted molar refractivity (Wildman–Crippen MR) is 195 cm³/mol. The van der Waals surface area contributed by atoms with Gasteiger partial charge >= 0.3 is 0 Å². The molecule has 0 aliphatic rings. The van der Waals surface area contributed by atoms with Gasteiger partial charge in [0.05, 0.1) is 25.7 Å². The molecule has 0 aliphatic heterocycles. The molecule has 1 N–H and O–H groups in total. The van der Waals surface area contributed by atoms with Crippen LogP contribution in [-0.4, -0.2) is 44.4 Å². The Bertz CT molecular complexity index is 2400. The van der Waals surface area contributed by atoms with Crippen molar-refractivity contribution in [3.05, 3.63) is 124 Å². The number of thiazole rings is 1. The van der Waals surface area contributed by atoms with Crippen molar-refractivity contribution >= 4 is 53.5 Å². The van der Waals surface area contributed by atoms with Crippen molar-refractivity contribution in [1.29, 1.82) is 0 Å². The number of hydrogen-bond acceptors (Lipinski definition) is 8. The third kappa shape index (κ3) is 6.31. The molecule has 4 aromatic carbocycles. The van der Waals surface area contributed by atoms with Gasteiger partial charge in [0.25, 0.3) is 0 Å². The summed E-state index contributed by atoms with van der Waals surface area (Å²) in [6, 6.07) is 28.8. The van der Waals surface area contributed by atoms with Crippen LogP contribution in [-0.2, 0) is 30.0 Å². The number of fused-ring (bicyclic) bond motifs is 1. The number of hydrogen-bond donors (Lipinski definition) is 1. The van der Waals surface area contributed by atoms with Crippen molar-refractivity contribution in [2.75, 3.05) is 12.5 Å². The van der Waals surface area contributed by atoms with Gasteiger partial charge in [-0.1, -0.05) is 60.1 Å². The highest BCUT2D eigenvalue weighted by molar-refractivity contribution is 7.91. The van der Waals surface area contributed by atoms with Gasteiger partial charge in [0.1, 0.15) is 10.6 Å². The number of benzene rings is 4. The number of sulfone groups is 2. The molecule has 0 amide bonds. The van der Waals surface area contributed by atoms with Crippen LogP contribution in [0.3, 0.4) is 0 Å². The van der Waals surface area contributed by atoms with Crippen LogP contribution in [0, 0.1) is 0 Å². The van der Waals surface area contributed by atoms with Crippen LogP contribution < -0.4 is 0 Å². The summed E-state index contributed by atoms with van der Waals surface area (Å²) < 4.78 is 48.9. The Labute approximate surface area is 289 Å². The normalized spacial score (nSPS) is 13.8. The standard InChI is InChI=1S/C37H33ClN2O5S3/c1-36(2,48(5,44)45)28-21-26-10-7-19-39-32(26)31(22-28)24-8-6-9-25(20-24)33-34(23-11-17-30(18-12-23)47(4,42)43)46-35(40-33)37(3,41)27-13-15-29(38)16-14-27/h6-22,41H,1-5H3. The zero-order valence-corrected chi connectivity index (χ0v) is 30.1. The maximum atomic E-state index is 12.8. The van der Waals surface area contributed by atoms with Gasteiger partial charge in [-0.25, -0.2) is 21.8 Å². The molecule has 0 saturated carbocycles. The lowest BCUT2D eigenvalue weighted by atomic mass is 9.92. The van der Waals surface area contributed by atoms with E-state index in [1.54, 1.807) is 75.5 Å². The largest absolute Gasteiger partial charge is 0.378 e. The first kappa shape index (κ1) is 34.0. The molecule has 0 spiro atoms. The Balaban J connectivity index is 1.56. The fourth-order valence-electron chi connectivity index (χ4n) is 5.48. The summed E-state index contributed by atoms with van der Waals surface area (Å²) in [4.78, 5) is 10.6. The van der Waals surface area contributed by atoms with Crippen molar-refractivity contribution < 1.29 is 21.9 Å². The Hall–Kier alpha value is -3.93. The first-order valence-corrected chi connectivity index (χ1v) is 19.9. The average Bonchev–Trinajstić information content (AvgIpc) is 3.50. The molecule has 48 heavy (non-hydrogen) atoms. The number of pyridine rings is 1. The quantitative estimate of drug-likeness (QED) is 0.169. The number of halogens is 1. The van der Waals surface area contributed by atoms with Crippen LogP contribution in [0.5, 0.6) is 0 Å². The van der Waals surface area contributed by atoms with Crippen LogP contribution in [0.1, 0.15) is 36.9 Å².